The standard InChI is InChI=1S/C20H23N5O4/c1-13-16(17(27)25(23(13)2)14-8-4-3-5-9-14)21-15(26)12-24-18(28)20(22-19(24)29)10-6-7-11-20/h3-5,8-9H,6-7,10-12H2,1-2H3,(H,21,26)(H,22,29). The summed E-state index contributed by atoms with van der Waals surface area (Å²) in [5, 5.41) is 5.33. The predicted molar refractivity (Wildman–Crippen MR) is 106 cm³/mol. The number of carbonyl (C=O) groups excluding carboxylic acids is 3. The number of hydrogen-bond acceptors (Lipinski definition) is 4. The first kappa shape index (κ1) is 19.0. The van der Waals surface area contributed by atoms with Gasteiger partial charge in [0.15, 0.2) is 0 Å². The molecule has 1 saturated carbocycles. The first-order valence-corrected chi connectivity index (χ1v) is 9.62. The van der Waals surface area contributed by atoms with E-state index in [0.29, 0.717) is 24.2 Å². The van der Waals surface area contributed by atoms with Crippen molar-refractivity contribution in [2.24, 2.45) is 7.05 Å². The Morgan fingerprint density at radius 1 is 1.14 bits per heavy atom. The van der Waals surface area contributed by atoms with Crippen LogP contribution in [0.4, 0.5) is 10.5 Å². The van der Waals surface area contributed by atoms with Crippen LogP contribution in [-0.2, 0) is 16.6 Å². The third-order valence-electron chi connectivity index (χ3n) is 5.82. The molecule has 1 aliphatic carbocycles. The summed E-state index contributed by atoms with van der Waals surface area (Å²) in [5.74, 6) is -0.948. The molecule has 2 N–H and O–H groups in total. The SMILES string of the molecule is Cc1c(NC(=O)CN2C(=O)NC3(CCCC3)C2=O)c(=O)n(-c2ccccc2)n1C. The zero-order valence-electron chi connectivity index (χ0n) is 16.4. The summed E-state index contributed by atoms with van der Waals surface area (Å²) in [6.07, 6.45) is 2.92. The Morgan fingerprint density at radius 2 is 1.79 bits per heavy atom. The number of imide groups is 1. The Labute approximate surface area is 167 Å². The number of para-hydroxylation sites is 1. The fourth-order valence-electron chi connectivity index (χ4n) is 4.17. The molecule has 4 amide bonds. The van der Waals surface area contributed by atoms with E-state index in [1.54, 1.807) is 30.8 Å². The Hall–Kier alpha value is -3.36. The van der Waals surface area contributed by atoms with E-state index in [2.05, 4.69) is 10.6 Å². The largest absolute Gasteiger partial charge is 0.325 e. The van der Waals surface area contributed by atoms with E-state index in [1.807, 2.05) is 18.2 Å². The van der Waals surface area contributed by atoms with Gasteiger partial charge in [0.05, 0.1) is 11.4 Å². The molecule has 152 valence electrons. The normalized spacial score (nSPS) is 17.8. The van der Waals surface area contributed by atoms with Crippen LogP contribution in [0.15, 0.2) is 35.1 Å². The van der Waals surface area contributed by atoms with E-state index in [-0.39, 0.29) is 17.2 Å². The van der Waals surface area contributed by atoms with Crippen LogP contribution >= 0.6 is 0 Å². The van der Waals surface area contributed by atoms with Gasteiger partial charge in [0.1, 0.15) is 17.8 Å². The Balaban J connectivity index is 1.55. The molecule has 1 spiro atoms. The summed E-state index contributed by atoms with van der Waals surface area (Å²) < 4.78 is 3.10. The molecule has 2 heterocycles. The number of hydrogen-bond donors (Lipinski definition) is 2. The van der Waals surface area contributed by atoms with E-state index in [0.717, 1.165) is 17.7 Å². The van der Waals surface area contributed by atoms with Crippen molar-refractivity contribution < 1.29 is 14.4 Å². The smallest absolute Gasteiger partial charge is 0.323 e. The minimum Gasteiger partial charge on any atom is -0.323 e. The van der Waals surface area contributed by atoms with E-state index < -0.39 is 24.0 Å². The fourth-order valence-corrected chi connectivity index (χ4v) is 4.17. The van der Waals surface area contributed by atoms with Crippen LogP contribution in [-0.4, -0.2) is 44.2 Å². The zero-order chi connectivity index (χ0) is 20.8. The summed E-state index contributed by atoms with van der Waals surface area (Å²) in [4.78, 5) is 51.4. The van der Waals surface area contributed by atoms with Crippen molar-refractivity contribution >= 4 is 23.5 Å². The van der Waals surface area contributed by atoms with Gasteiger partial charge in [-0.1, -0.05) is 31.0 Å². The van der Waals surface area contributed by atoms with Crippen molar-refractivity contribution in [3.05, 3.63) is 46.4 Å². The highest BCUT2D eigenvalue weighted by Crippen LogP contribution is 2.34. The third-order valence-corrected chi connectivity index (χ3v) is 5.82. The van der Waals surface area contributed by atoms with Crippen molar-refractivity contribution in [2.45, 2.75) is 38.1 Å². The highest BCUT2D eigenvalue weighted by Gasteiger charge is 2.52. The molecule has 29 heavy (non-hydrogen) atoms. The van der Waals surface area contributed by atoms with E-state index in [9.17, 15) is 19.2 Å². The summed E-state index contributed by atoms with van der Waals surface area (Å²) >= 11 is 0. The number of nitrogens with zero attached hydrogens (tertiary/aromatic N) is 3. The minimum atomic E-state index is -0.861. The lowest BCUT2D eigenvalue weighted by atomic mass is 9.98. The molecule has 0 unspecified atom stereocenters. The third kappa shape index (κ3) is 3.02. The van der Waals surface area contributed by atoms with Gasteiger partial charge in [0, 0.05) is 7.05 Å². The van der Waals surface area contributed by atoms with Crippen molar-refractivity contribution in [1.29, 1.82) is 0 Å². The molecule has 1 aromatic heterocycles. The molecule has 0 bridgehead atoms. The van der Waals surface area contributed by atoms with Crippen LogP contribution in [0, 0.1) is 6.92 Å². The quantitative estimate of drug-likeness (QED) is 0.759. The van der Waals surface area contributed by atoms with Crippen LogP contribution in [0.3, 0.4) is 0 Å². The topological polar surface area (TPSA) is 105 Å². The molecule has 9 heteroatoms. The number of amides is 4. The fraction of sp³-hybridized carbons (Fsp3) is 0.400. The van der Waals surface area contributed by atoms with E-state index in [4.69, 9.17) is 0 Å². The Morgan fingerprint density at radius 3 is 2.45 bits per heavy atom. The van der Waals surface area contributed by atoms with Crippen molar-refractivity contribution in [2.75, 3.05) is 11.9 Å². The molecule has 1 aromatic carbocycles. The highest BCUT2D eigenvalue weighted by molar-refractivity contribution is 6.10. The minimum absolute atomic E-state index is 0.129. The van der Waals surface area contributed by atoms with Gasteiger partial charge in [-0.05, 0) is 31.9 Å². The van der Waals surface area contributed by atoms with Gasteiger partial charge in [0.2, 0.25) is 5.91 Å². The van der Waals surface area contributed by atoms with Gasteiger partial charge in [0.25, 0.3) is 11.5 Å². The molecular weight excluding hydrogens is 374 g/mol. The molecule has 2 aliphatic rings. The molecular formula is C20H23N5O4. The van der Waals surface area contributed by atoms with Crippen LogP contribution in [0.5, 0.6) is 0 Å². The second kappa shape index (κ2) is 6.91. The number of carbonyl (C=O) groups is 3. The van der Waals surface area contributed by atoms with Crippen LogP contribution in [0.25, 0.3) is 5.69 Å². The molecule has 9 nitrogen and oxygen atoms in total. The van der Waals surface area contributed by atoms with Gasteiger partial charge in [-0.3, -0.25) is 24.0 Å². The molecule has 0 radical (unpaired) electrons. The highest BCUT2D eigenvalue weighted by atomic mass is 16.2. The average Bonchev–Trinajstić information content (AvgIpc) is 3.32. The maximum atomic E-state index is 12.9. The van der Waals surface area contributed by atoms with Crippen molar-refractivity contribution in [3.8, 4) is 5.69 Å². The molecule has 1 aliphatic heterocycles. The van der Waals surface area contributed by atoms with E-state index >= 15 is 0 Å². The number of aromatic nitrogens is 2. The van der Waals surface area contributed by atoms with Crippen LogP contribution in [0.2, 0.25) is 0 Å². The van der Waals surface area contributed by atoms with Crippen molar-refractivity contribution in [1.82, 2.24) is 19.6 Å². The van der Waals surface area contributed by atoms with Gasteiger partial charge in [-0.25, -0.2) is 9.48 Å². The number of urea groups is 1. The first-order chi connectivity index (χ1) is 13.8. The van der Waals surface area contributed by atoms with Gasteiger partial charge in [-0.15, -0.1) is 0 Å². The Bertz CT molecular complexity index is 1050. The summed E-state index contributed by atoms with van der Waals surface area (Å²) in [6.45, 7) is 1.29. The van der Waals surface area contributed by atoms with Crippen molar-refractivity contribution in [3.63, 3.8) is 0 Å². The molecule has 2 aromatic rings. The number of rotatable bonds is 4. The lowest BCUT2D eigenvalue weighted by Crippen LogP contribution is -2.44. The maximum Gasteiger partial charge on any atom is 0.325 e. The second-order valence-corrected chi connectivity index (χ2v) is 7.60. The maximum absolute atomic E-state index is 12.9. The van der Waals surface area contributed by atoms with Gasteiger partial charge >= 0.3 is 6.03 Å². The van der Waals surface area contributed by atoms with Crippen LogP contribution in [0.1, 0.15) is 31.4 Å². The first-order valence-electron chi connectivity index (χ1n) is 9.62. The van der Waals surface area contributed by atoms with Crippen LogP contribution < -0.4 is 16.2 Å². The zero-order valence-corrected chi connectivity index (χ0v) is 16.4. The molecule has 1 saturated heterocycles. The predicted octanol–water partition coefficient (Wildman–Crippen LogP) is 1.29. The monoisotopic (exact) mass is 397 g/mol. The van der Waals surface area contributed by atoms with E-state index in [1.165, 1.54) is 4.68 Å². The lowest BCUT2D eigenvalue weighted by Gasteiger charge is -2.19. The van der Waals surface area contributed by atoms with Gasteiger partial charge < -0.3 is 10.6 Å². The Kier molecular flexibility index (Phi) is 4.52. The lowest BCUT2D eigenvalue weighted by molar-refractivity contribution is -0.133. The summed E-state index contributed by atoms with van der Waals surface area (Å²) in [7, 11) is 1.72. The number of benzene rings is 1. The second-order valence-electron chi connectivity index (χ2n) is 7.60. The average molecular weight is 397 g/mol. The summed E-state index contributed by atoms with van der Waals surface area (Å²) in [5.41, 5.74) is 0.121. The number of nitrogens with one attached hydrogen (secondary N) is 2. The number of anilines is 1. The molecule has 0 atom stereocenters. The summed E-state index contributed by atoms with van der Waals surface area (Å²) in [6, 6.07) is 8.51. The molecule has 4 rings (SSSR count). The van der Waals surface area contributed by atoms with Gasteiger partial charge in [-0.2, -0.15) is 0 Å². The molecule has 2 fully saturated rings.